The van der Waals surface area contributed by atoms with Gasteiger partial charge in [0.15, 0.2) is 5.69 Å². The zero-order valence-electron chi connectivity index (χ0n) is 17.0. The molecule has 4 rings (SSSR count). The van der Waals surface area contributed by atoms with Crippen molar-refractivity contribution < 1.29 is 4.79 Å². The zero-order chi connectivity index (χ0) is 20.9. The molecule has 1 aromatic carbocycles. The zero-order valence-corrected chi connectivity index (χ0v) is 17.8. The summed E-state index contributed by atoms with van der Waals surface area (Å²) in [6.45, 7) is 13.0. The number of fused-ring (bicyclic) bond motifs is 1. The van der Waals surface area contributed by atoms with Gasteiger partial charge in [-0.3, -0.25) is 9.78 Å². The van der Waals surface area contributed by atoms with Crippen LogP contribution >= 0.6 is 11.6 Å². The minimum atomic E-state index is 0.0988. The Morgan fingerprint density at radius 2 is 1.97 bits per heavy atom. The molecule has 148 valence electrons. The molecular formula is C23H23ClN4O. The molecule has 1 amide bonds. The number of aryl methyl sites for hydroxylation is 2. The molecule has 5 nitrogen and oxygen atoms in total. The summed E-state index contributed by atoms with van der Waals surface area (Å²) in [5.41, 5.74) is 5.51. The van der Waals surface area contributed by atoms with Gasteiger partial charge in [-0.15, -0.1) is 0 Å². The first-order valence-electron chi connectivity index (χ1n) is 9.68. The van der Waals surface area contributed by atoms with Crippen LogP contribution in [0.1, 0.15) is 36.9 Å². The maximum Gasteiger partial charge on any atom is 0.219 e. The predicted molar refractivity (Wildman–Crippen MR) is 116 cm³/mol. The highest BCUT2D eigenvalue weighted by Crippen LogP contribution is 2.44. The third-order valence-electron chi connectivity index (χ3n) is 6.14. The third-order valence-corrected chi connectivity index (χ3v) is 6.64. The molecule has 0 atom stereocenters. The smallest absolute Gasteiger partial charge is 0.219 e. The van der Waals surface area contributed by atoms with Crippen LogP contribution in [-0.2, 0) is 4.79 Å². The van der Waals surface area contributed by atoms with Gasteiger partial charge in [0.25, 0.3) is 0 Å². The number of rotatable bonds is 3. The second-order valence-corrected chi connectivity index (χ2v) is 8.32. The van der Waals surface area contributed by atoms with Gasteiger partial charge in [0.2, 0.25) is 5.91 Å². The summed E-state index contributed by atoms with van der Waals surface area (Å²) >= 11 is 6.62. The maximum atomic E-state index is 11.7. The lowest BCUT2D eigenvalue weighted by Gasteiger charge is -2.41. The fourth-order valence-electron chi connectivity index (χ4n) is 4.12. The van der Waals surface area contributed by atoms with Gasteiger partial charge < -0.3 is 9.47 Å². The van der Waals surface area contributed by atoms with E-state index < -0.39 is 0 Å². The molecular weight excluding hydrogens is 384 g/mol. The van der Waals surface area contributed by atoms with E-state index in [1.165, 1.54) is 0 Å². The Bertz CT molecular complexity index is 1170. The molecule has 0 aliphatic heterocycles. The highest BCUT2D eigenvalue weighted by atomic mass is 35.5. The highest BCUT2D eigenvalue weighted by molar-refractivity contribution is 6.34. The predicted octanol–water partition coefficient (Wildman–Crippen LogP) is 5.71. The molecule has 0 N–H and O–H groups in total. The van der Waals surface area contributed by atoms with Crippen molar-refractivity contribution in [3.8, 4) is 11.1 Å². The van der Waals surface area contributed by atoms with E-state index in [9.17, 15) is 4.79 Å². The van der Waals surface area contributed by atoms with Crippen molar-refractivity contribution in [3.63, 3.8) is 0 Å². The van der Waals surface area contributed by atoms with Crippen LogP contribution in [0.3, 0.4) is 0 Å². The van der Waals surface area contributed by atoms with Gasteiger partial charge in [-0.2, -0.15) is 0 Å². The molecule has 2 heterocycles. The number of pyridine rings is 1. The quantitative estimate of drug-likeness (QED) is 0.523. The molecule has 0 radical (unpaired) electrons. The minimum Gasteiger partial charge on any atom is -0.344 e. The van der Waals surface area contributed by atoms with E-state index in [1.54, 1.807) is 19.3 Å². The molecule has 1 fully saturated rings. The lowest BCUT2D eigenvalue weighted by atomic mass is 9.85. The van der Waals surface area contributed by atoms with E-state index in [1.807, 2.05) is 31.9 Å². The Labute approximate surface area is 175 Å². The normalized spacial score (nSPS) is 18.3. The molecule has 0 spiro atoms. The fraction of sp³-hybridized carbons (Fsp3) is 0.348. The van der Waals surface area contributed by atoms with Crippen LogP contribution in [-0.4, -0.2) is 33.4 Å². The number of carbonyl (C=O) groups excluding carboxylic acids is 1. The average molecular weight is 407 g/mol. The molecule has 3 aromatic rings. The van der Waals surface area contributed by atoms with E-state index in [0.29, 0.717) is 16.8 Å². The van der Waals surface area contributed by atoms with Crippen LogP contribution in [0.5, 0.6) is 0 Å². The van der Waals surface area contributed by atoms with Crippen molar-refractivity contribution in [1.82, 2.24) is 14.5 Å². The van der Waals surface area contributed by atoms with Crippen LogP contribution in [0.4, 0.5) is 5.69 Å². The molecule has 29 heavy (non-hydrogen) atoms. The van der Waals surface area contributed by atoms with E-state index in [4.69, 9.17) is 18.2 Å². The number of hydrogen-bond donors (Lipinski definition) is 0. The monoisotopic (exact) mass is 406 g/mol. The van der Waals surface area contributed by atoms with E-state index in [-0.39, 0.29) is 11.9 Å². The van der Waals surface area contributed by atoms with Crippen LogP contribution in [0.15, 0.2) is 30.7 Å². The summed E-state index contributed by atoms with van der Waals surface area (Å²) in [5, 5.41) is 1.70. The first-order chi connectivity index (χ1) is 13.8. The largest absolute Gasteiger partial charge is 0.344 e. The second kappa shape index (κ2) is 7.20. The third kappa shape index (κ3) is 3.18. The van der Waals surface area contributed by atoms with Crippen molar-refractivity contribution in [1.29, 1.82) is 0 Å². The average Bonchev–Trinajstić information content (AvgIpc) is 2.99. The summed E-state index contributed by atoms with van der Waals surface area (Å²) in [4.78, 5) is 21.5. The molecule has 1 aliphatic rings. The molecule has 1 saturated carbocycles. The Balaban J connectivity index is 1.84. The van der Waals surface area contributed by atoms with E-state index in [0.717, 1.165) is 46.0 Å². The molecule has 0 bridgehead atoms. The van der Waals surface area contributed by atoms with Crippen LogP contribution < -0.4 is 0 Å². The highest BCUT2D eigenvalue weighted by Gasteiger charge is 2.35. The van der Waals surface area contributed by atoms with Gasteiger partial charge in [-0.25, -0.2) is 4.85 Å². The van der Waals surface area contributed by atoms with Crippen molar-refractivity contribution >= 4 is 34.1 Å². The van der Waals surface area contributed by atoms with Crippen molar-refractivity contribution in [2.45, 2.75) is 45.7 Å². The van der Waals surface area contributed by atoms with Gasteiger partial charge in [0, 0.05) is 61.3 Å². The number of halogens is 1. The van der Waals surface area contributed by atoms with Crippen LogP contribution in [0.2, 0.25) is 5.02 Å². The maximum absolute atomic E-state index is 11.7. The minimum absolute atomic E-state index is 0.0988. The number of benzene rings is 1. The van der Waals surface area contributed by atoms with E-state index >= 15 is 0 Å². The first-order valence-corrected chi connectivity index (χ1v) is 10.1. The summed E-state index contributed by atoms with van der Waals surface area (Å²) < 4.78 is 2.29. The first kappa shape index (κ1) is 19.5. The fourth-order valence-corrected chi connectivity index (χ4v) is 4.32. The second-order valence-electron chi connectivity index (χ2n) is 7.94. The summed E-state index contributed by atoms with van der Waals surface area (Å²) in [6, 6.07) is 4.63. The standard InChI is InChI=1S/C23H23ClN4O/c1-13-6-22-18(9-21(13)25-4)20(19-11-26-10-14(2)23(19)24)12-28(22)17-7-16(8-17)27(5)15(3)29/h6,9-12,16-17H,7-8H2,1-3,5H3. The number of amides is 1. The Morgan fingerprint density at radius 1 is 1.24 bits per heavy atom. The number of carbonyl (C=O) groups is 1. The Morgan fingerprint density at radius 3 is 2.62 bits per heavy atom. The van der Waals surface area contributed by atoms with Crippen molar-refractivity contribution in [3.05, 3.63) is 58.3 Å². The van der Waals surface area contributed by atoms with Gasteiger partial charge in [0.1, 0.15) is 0 Å². The number of aromatic nitrogens is 2. The summed E-state index contributed by atoms with van der Waals surface area (Å²) in [6.07, 6.45) is 7.52. The van der Waals surface area contributed by atoms with Crippen LogP contribution in [0, 0.1) is 20.4 Å². The van der Waals surface area contributed by atoms with E-state index in [2.05, 4.69) is 26.7 Å². The number of nitrogens with zero attached hydrogens (tertiary/aromatic N) is 4. The van der Waals surface area contributed by atoms with Crippen molar-refractivity contribution in [2.75, 3.05) is 7.05 Å². The van der Waals surface area contributed by atoms with Gasteiger partial charge in [-0.1, -0.05) is 11.6 Å². The molecule has 0 saturated heterocycles. The SMILES string of the molecule is [C-]#[N+]c1cc2c(-c3cncc(C)c3Cl)cn(C3CC(N(C)C(C)=O)C3)c2cc1C. The van der Waals surface area contributed by atoms with Gasteiger partial charge in [-0.05, 0) is 55.3 Å². The van der Waals surface area contributed by atoms with Crippen LogP contribution in [0.25, 0.3) is 26.9 Å². The Hall–Kier alpha value is -2.84. The molecule has 6 heteroatoms. The molecule has 1 aliphatic carbocycles. The molecule has 2 aromatic heterocycles. The summed E-state index contributed by atoms with van der Waals surface area (Å²) in [7, 11) is 1.87. The Kier molecular flexibility index (Phi) is 4.84. The summed E-state index contributed by atoms with van der Waals surface area (Å²) in [5.74, 6) is 0.0988. The number of hydrogen-bond acceptors (Lipinski definition) is 2. The lowest BCUT2D eigenvalue weighted by molar-refractivity contribution is -0.131. The van der Waals surface area contributed by atoms with Gasteiger partial charge in [0.05, 0.1) is 11.6 Å². The lowest BCUT2D eigenvalue weighted by Crippen LogP contribution is -2.45. The van der Waals surface area contributed by atoms with Gasteiger partial charge >= 0.3 is 0 Å². The van der Waals surface area contributed by atoms with Crippen molar-refractivity contribution in [2.24, 2.45) is 0 Å². The molecule has 0 unspecified atom stereocenters. The topological polar surface area (TPSA) is 42.5 Å².